The van der Waals surface area contributed by atoms with Crippen LogP contribution in [-0.4, -0.2) is 10.1 Å². The van der Waals surface area contributed by atoms with E-state index in [9.17, 15) is 4.39 Å². The molecule has 0 aliphatic heterocycles. The Morgan fingerprint density at radius 3 is 2.79 bits per heavy atom. The Kier molecular flexibility index (Phi) is 2.21. The maximum Gasteiger partial charge on any atom is 0.135 e. The van der Waals surface area contributed by atoms with Crippen LogP contribution in [0.1, 0.15) is 5.69 Å². The third-order valence-electron chi connectivity index (χ3n) is 1.94. The van der Waals surface area contributed by atoms with E-state index >= 15 is 0 Å². The van der Waals surface area contributed by atoms with Crippen LogP contribution in [0.2, 0.25) is 0 Å². The summed E-state index contributed by atoms with van der Waals surface area (Å²) in [5.41, 5.74) is 2.97. The highest BCUT2D eigenvalue weighted by Crippen LogP contribution is 2.30. The summed E-state index contributed by atoms with van der Waals surface area (Å²) in [6, 6.07) is 4.14. The van der Waals surface area contributed by atoms with E-state index in [1.54, 1.807) is 11.6 Å². The number of aromatic hydroxyl groups is 1. The maximum atomic E-state index is 13.4. The molecule has 1 N–H and O–H groups in total. The van der Waals surface area contributed by atoms with Gasteiger partial charge in [-0.2, -0.15) is 0 Å². The molecule has 0 bridgehead atoms. The lowest BCUT2D eigenvalue weighted by molar-refractivity contribution is 0.469. The standard InChI is InChI=1S/C10H8FNOS/c1-6-10(14-5-12-6)8-3-2-7(13)4-9(8)11/h2-5,13H,1H3. The van der Waals surface area contributed by atoms with Gasteiger partial charge in [-0.1, -0.05) is 0 Å². The minimum absolute atomic E-state index is 0.0616. The quantitative estimate of drug-likeness (QED) is 0.783. The van der Waals surface area contributed by atoms with Gasteiger partial charge < -0.3 is 5.11 Å². The third-order valence-corrected chi connectivity index (χ3v) is 2.90. The predicted molar refractivity (Wildman–Crippen MR) is 53.9 cm³/mol. The number of phenols is 1. The zero-order valence-corrected chi connectivity index (χ0v) is 8.31. The van der Waals surface area contributed by atoms with Crippen LogP contribution in [0.3, 0.4) is 0 Å². The van der Waals surface area contributed by atoms with Gasteiger partial charge in [0.1, 0.15) is 11.6 Å². The molecular weight excluding hydrogens is 201 g/mol. The summed E-state index contributed by atoms with van der Waals surface area (Å²) in [4.78, 5) is 4.85. The molecule has 0 aliphatic rings. The number of nitrogens with zero attached hydrogens (tertiary/aromatic N) is 1. The van der Waals surface area contributed by atoms with E-state index in [4.69, 9.17) is 5.11 Å². The second kappa shape index (κ2) is 3.38. The Morgan fingerprint density at radius 2 is 2.21 bits per heavy atom. The zero-order chi connectivity index (χ0) is 10.1. The molecule has 0 saturated heterocycles. The van der Waals surface area contributed by atoms with Gasteiger partial charge >= 0.3 is 0 Å². The molecular formula is C10H8FNOS. The van der Waals surface area contributed by atoms with E-state index in [0.717, 1.165) is 16.6 Å². The van der Waals surface area contributed by atoms with Crippen LogP contribution in [0.25, 0.3) is 10.4 Å². The Bertz CT molecular complexity index is 467. The molecule has 72 valence electrons. The molecule has 0 fully saturated rings. The summed E-state index contributed by atoms with van der Waals surface area (Å²) < 4.78 is 13.4. The van der Waals surface area contributed by atoms with Gasteiger partial charge in [-0.15, -0.1) is 11.3 Å². The fraction of sp³-hybridized carbons (Fsp3) is 0.100. The molecule has 1 aromatic carbocycles. The number of thiazole rings is 1. The van der Waals surface area contributed by atoms with Gasteiger partial charge in [-0.25, -0.2) is 9.37 Å². The molecule has 0 aliphatic carbocycles. The van der Waals surface area contributed by atoms with Crippen molar-refractivity contribution in [3.8, 4) is 16.2 Å². The molecule has 1 aromatic heterocycles. The molecule has 0 spiro atoms. The number of aromatic nitrogens is 1. The monoisotopic (exact) mass is 209 g/mol. The summed E-state index contributed by atoms with van der Waals surface area (Å²) in [7, 11) is 0. The fourth-order valence-corrected chi connectivity index (χ4v) is 2.08. The van der Waals surface area contributed by atoms with Crippen molar-refractivity contribution in [3.05, 3.63) is 35.2 Å². The number of halogens is 1. The van der Waals surface area contributed by atoms with Gasteiger partial charge in [0.2, 0.25) is 0 Å². The summed E-state index contributed by atoms with van der Waals surface area (Å²) in [5.74, 6) is -0.481. The molecule has 2 rings (SSSR count). The first-order valence-corrected chi connectivity index (χ1v) is 4.95. The normalized spacial score (nSPS) is 10.4. The number of benzene rings is 1. The first-order valence-electron chi connectivity index (χ1n) is 4.07. The molecule has 0 saturated carbocycles. The topological polar surface area (TPSA) is 33.1 Å². The van der Waals surface area contributed by atoms with Crippen LogP contribution in [0.5, 0.6) is 5.75 Å². The largest absolute Gasteiger partial charge is 0.508 e. The summed E-state index contributed by atoms with van der Waals surface area (Å²) >= 11 is 1.39. The van der Waals surface area contributed by atoms with Crippen molar-refractivity contribution in [2.45, 2.75) is 6.92 Å². The smallest absolute Gasteiger partial charge is 0.135 e. The molecule has 2 nitrogen and oxygen atoms in total. The van der Waals surface area contributed by atoms with Crippen LogP contribution in [0, 0.1) is 12.7 Å². The first-order chi connectivity index (χ1) is 6.68. The van der Waals surface area contributed by atoms with Crippen molar-refractivity contribution >= 4 is 11.3 Å². The Labute approximate surface area is 84.7 Å². The number of rotatable bonds is 1. The van der Waals surface area contributed by atoms with Crippen molar-refractivity contribution < 1.29 is 9.50 Å². The summed E-state index contributed by atoms with van der Waals surface area (Å²) in [5, 5.41) is 9.05. The van der Waals surface area contributed by atoms with Crippen LogP contribution >= 0.6 is 11.3 Å². The molecule has 1 heterocycles. The van der Waals surface area contributed by atoms with Gasteiger partial charge in [0.05, 0.1) is 16.1 Å². The lowest BCUT2D eigenvalue weighted by Crippen LogP contribution is -1.83. The Hall–Kier alpha value is -1.42. The molecule has 0 atom stereocenters. The first kappa shape index (κ1) is 9.15. The highest BCUT2D eigenvalue weighted by atomic mass is 32.1. The van der Waals surface area contributed by atoms with Crippen molar-refractivity contribution in [2.24, 2.45) is 0 Å². The third kappa shape index (κ3) is 1.48. The van der Waals surface area contributed by atoms with Gasteiger partial charge in [0.25, 0.3) is 0 Å². The fourth-order valence-electron chi connectivity index (χ4n) is 1.25. The summed E-state index contributed by atoms with van der Waals surface area (Å²) in [6.45, 7) is 1.83. The highest BCUT2D eigenvalue weighted by molar-refractivity contribution is 7.13. The van der Waals surface area contributed by atoms with Crippen molar-refractivity contribution in [3.63, 3.8) is 0 Å². The number of phenolic OH excluding ortho intramolecular Hbond substituents is 1. The van der Waals surface area contributed by atoms with Crippen LogP contribution in [0.4, 0.5) is 4.39 Å². The minimum Gasteiger partial charge on any atom is -0.508 e. The Morgan fingerprint density at radius 1 is 1.43 bits per heavy atom. The van der Waals surface area contributed by atoms with E-state index in [2.05, 4.69) is 4.98 Å². The van der Waals surface area contributed by atoms with Gasteiger partial charge in [-0.3, -0.25) is 0 Å². The molecule has 4 heteroatoms. The maximum absolute atomic E-state index is 13.4. The van der Waals surface area contributed by atoms with Gasteiger partial charge in [0.15, 0.2) is 0 Å². The summed E-state index contributed by atoms with van der Waals surface area (Å²) in [6.07, 6.45) is 0. The predicted octanol–water partition coefficient (Wildman–Crippen LogP) is 2.96. The van der Waals surface area contributed by atoms with Gasteiger partial charge in [0, 0.05) is 11.6 Å². The van der Waals surface area contributed by atoms with Crippen molar-refractivity contribution in [1.29, 1.82) is 0 Å². The molecule has 0 amide bonds. The van der Waals surface area contributed by atoms with E-state index in [-0.39, 0.29) is 5.75 Å². The van der Waals surface area contributed by atoms with Crippen LogP contribution < -0.4 is 0 Å². The lowest BCUT2D eigenvalue weighted by Gasteiger charge is -2.01. The zero-order valence-electron chi connectivity index (χ0n) is 7.49. The molecule has 0 radical (unpaired) electrons. The Balaban J connectivity index is 2.58. The van der Waals surface area contributed by atoms with E-state index in [0.29, 0.717) is 5.56 Å². The minimum atomic E-state index is -0.419. The highest BCUT2D eigenvalue weighted by Gasteiger charge is 2.10. The second-order valence-electron chi connectivity index (χ2n) is 2.93. The molecule has 14 heavy (non-hydrogen) atoms. The van der Waals surface area contributed by atoms with Crippen molar-refractivity contribution in [2.75, 3.05) is 0 Å². The SMILES string of the molecule is Cc1ncsc1-c1ccc(O)cc1F. The number of hydrogen-bond acceptors (Lipinski definition) is 3. The average Bonchev–Trinajstić information content (AvgIpc) is 2.52. The average molecular weight is 209 g/mol. The van der Waals surface area contributed by atoms with Crippen LogP contribution in [0.15, 0.2) is 23.7 Å². The van der Waals surface area contributed by atoms with Gasteiger partial charge in [-0.05, 0) is 19.1 Å². The number of aryl methyl sites for hydroxylation is 1. The molecule has 2 aromatic rings. The second-order valence-corrected chi connectivity index (χ2v) is 3.79. The van der Waals surface area contributed by atoms with E-state index in [1.165, 1.54) is 17.4 Å². The van der Waals surface area contributed by atoms with Crippen LogP contribution in [-0.2, 0) is 0 Å². The van der Waals surface area contributed by atoms with E-state index < -0.39 is 5.82 Å². The molecule has 0 unspecified atom stereocenters. The lowest BCUT2D eigenvalue weighted by atomic mass is 10.1. The van der Waals surface area contributed by atoms with E-state index in [1.807, 2.05) is 6.92 Å². The van der Waals surface area contributed by atoms with Crippen molar-refractivity contribution in [1.82, 2.24) is 4.98 Å². The number of hydrogen-bond donors (Lipinski definition) is 1.